The highest BCUT2D eigenvalue weighted by atomic mass is 35.5. The highest BCUT2D eigenvalue weighted by molar-refractivity contribution is 5.85. The predicted molar refractivity (Wildman–Crippen MR) is 92.4 cm³/mol. The summed E-state index contributed by atoms with van der Waals surface area (Å²) in [5.41, 5.74) is -0.216. The Morgan fingerprint density at radius 3 is 2.67 bits per heavy atom. The van der Waals surface area contributed by atoms with Gasteiger partial charge < -0.3 is 15.0 Å². The third kappa shape index (κ3) is 5.65. The van der Waals surface area contributed by atoms with Crippen molar-refractivity contribution >= 4 is 24.3 Å². The van der Waals surface area contributed by atoms with Crippen LogP contribution >= 0.6 is 12.4 Å². The summed E-state index contributed by atoms with van der Waals surface area (Å²) < 4.78 is 1.36. The molecule has 2 heterocycles. The fourth-order valence-electron chi connectivity index (χ4n) is 3.11. The summed E-state index contributed by atoms with van der Waals surface area (Å²) in [5, 5.41) is 11.9. The Hall–Kier alpha value is -1.86. The number of amides is 1. The molecule has 0 aliphatic carbocycles. The molecule has 0 aromatic carbocycles. The predicted octanol–water partition coefficient (Wildman–Crippen LogP) is 0.571. The number of carbonyl (C=O) groups is 2. The van der Waals surface area contributed by atoms with Gasteiger partial charge in [0, 0.05) is 31.4 Å². The molecule has 1 aromatic heterocycles. The van der Waals surface area contributed by atoms with E-state index in [0.29, 0.717) is 13.1 Å². The number of aliphatic carboxylic acids is 1. The van der Waals surface area contributed by atoms with Gasteiger partial charge in [0.1, 0.15) is 6.54 Å². The highest BCUT2D eigenvalue weighted by Crippen LogP contribution is 2.21. The van der Waals surface area contributed by atoms with Gasteiger partial charge in [0.25, 0.3) is 5.56 Å². The van der Waals surface area contributed by atoms with Crippen molar-refractivity contribution in [1.29, 1.82) is 0 Å². The smallest absolute Gasteiger partial charge is 0.317 e. The summed E-state index contributed by atoms with van der Waals surface area (Å²) in [4.78, 5) is 36.5. The van der Waals surface area contributed by atoms with Gasteiger partial charge in [0.05, 0.1) is 6.54 Å². The number of nitrogens with zero attached hydrogens (tertiary/aromatic N) is 2. The molecule has 0 spiro atoms. The van der Waals surface area contributed by atoms with E-state index in [0.717, 1.165) is 12.8 Å². The van der Waals surface area contributed by atoms with Crippen molar-refractivity contribution in [2.24, 2.45) is 5.92 Å². The number of rotatable bonds is 7. The Kier molecular flexibility index (Phi) is 7.94. The molecule has 134 valence electrons. The first-order chi connectivity index (χ1) is 11.0. The second-order valence-corrected chi connectivity index (χ2v) is 5.98. The van der Waals surface area contributed by atoms with Gasteiger partial charge in [-0.1, -0.05) is 19.4 Å². The largest absolute Gasteiger partial charge is 0.480 e. The molecular weight excluding hydrogens is 334 g/mol. The van der Waals surface area contributed by atoms with E-state index >= 15 is 0 Å². The molecule has 0 radical (unpaired) electrons. The monoisotopic (exact) mass is 357 g/mol. The lowest BCUT2D eigenvalue weighted by Gasteiger charge is -2.19. The van der Waals surface area contributed by atoms with Crippen molar-refractivity contribution in [2.75, 3.05) is 19.6 Å². The number of halogens is 1. The first kappa shape index (κ1) is 20.2. The molecule has 7 nitrogen and oxygen atoms in total. The first-order valence-corrected chi connectivity index (χ1v) is 7.88. The van der Waals surface area contributed by atoms with Gasteiger partial charge in [-0.2, -0.15) is 0 Å². The number of hydrogen-bond donors (Lipinski definition) is 2. The van der Waals surface area contributed by atoms with E-state index in [4.69, 9.17) is 5.11 Å². The van der Waals surface area contributed by atoms with Crippen molar-refractivity contribution in [3.8, 4) is 0 Å². The molecule has 1 aromatic rings. The average Bonchev–Trinajstić information content (AvgIpc) is 2.82. The summed E-state index contributed by atoms with van der Waals surface area (Å²) in [5.74, 6) is -0.833. The molecule has 0 bridgehead atoms. The molecule has 1 aliphatic heterocycles. The molecule has 1 fully saturated rings. The zero-order valence-electron chi connectivity index (χ0n) is 13.7. The van der Waals surface area contributed by atoms with Crippen LogP contribution in [-0.2, 0) is 16.1 Å². The van der Waals surface area contributed by atoms with Crippen LogP contribution in [0.25, 0.3) is 0 Å². The number of aromatic nitrogens is 1. The van der Waals surface area contributed by atoms with Crippen molar-refractivity contribution < 1.29 is 14.7 Å². The number of nitrogens with one attached hydrogen (secondary N) is 1. The van der Waals surface area contributed by atoms with Crippen LogP contribution in [0.5, 0.6) is 0 Å². The Balaban J connectivity index is 0.00000288. The lowest BCUT2D eigenvalue weighted by molar-refractivity contribution is -0.138. The van der Waals surface area contributed by atoms with Crippen LogP contribution in [0.1, 0.15) is 19.8 Å². The lowest BCUT2D eigenvalue weighted by atomic mass is 9.98. The van der Waals surface area contributed by atoms with Crippen molar-refractivity contribution in [3.05, 3.63) is 34.7 Å². The Labute approximate surface area is 147 Å². The van der Waals surface area contributed by atoms with E-state index in [1.807, 2.05) is 4.90 Å². The summed E-state index contributed by atoms with van der Waals surface area (Å²) in [7, 11) is 0. The van der Waals surface area contributed by atoms with E-state index in [1.54, 1.807) is 18.3 Å². The van der Waals surface area contributed by atoms with Crippen molar-refractivity contribution in [2.45, 2.75) is 32.4 Å². The first-order valence-electron chi connectivity index (χ1n) is 7.88. The average molecular weight is 358 g/mol. The van der Waals surface area contributed by atoms with Gasteiger partial charge in [-0.05, 0) is 18.4 Å². The summed E-state index contributed by atoms with van der Waals surface area (Å²) in [6.45, 7) is 3.25. The maximum Gasteiger partial charge on any atom is 0.317 e. The van der Waals surface area contributed by atoms with Gasteiger partial charge >= 0.3 is 5.97 Å². The van der Waals surface area contributed by atoms with Gasteiger partial charge in [0.2, 0.25) is 5.91 Å². The van der Waals surface area contributed by atoms with Crippen molar-refractivity contribution in [1.82, 2.24) is 14.8 Å². The SMILES string of the molecule is CCC[C@H]1CN(CC(=O)O)C[C@@H]1NC(=O)Cn1ccccc1=O.Cl. The summed E-state index contributed by atoms with van der Waals surface area (Å²) >= 11 is 0. The summed E-state index contributed by atoms with van der Waals surface area (Å²) in [6, 6.07) is 4.69. The Morgan fingerprint density at radius 2 is 2.04 bits per heavy atom. The third-order valence-electron chi connectivity index (χ3n) is 4.09. The number of carboxylic acids is 1. The molecule has 1 aliphatic rings. The standard InChI is InChI=1S/C16H23N3O4.ClH/c1-2-5-12-8-18(11-16(22)23)9-13(12)17-14(20)10-19-7-4-3-6-15(19)21;/h3-4,6-7,12-13H,2,5,8-11H2,1H3,(H,17,20)(H,22,23);1H/t12-,13-;/m0./s1. The molecule has 1 saturated heterocycles. The number of pyridine rings is 1. The molecule has 24 heavy (non-hydrogen) atoms. The number of carbonyl (C=O) groups excluding carboxylic acids is 1. The minimum Gasteiger partial charge on any atom is -0.480 e. The van der Waals surface area contributed by atoms with E-state index < -0.39 is 5.97 Å². The van der Waals surface area contributed by atoms with Crippen LogP contribution < -0.4 is 10.9 Å². The normalized spacial score (nSPS) is 20.4. The number of hydrogen-bond acceptors (Lipinski definition) is 4. The Bertz CT molecular complexity index is 619. The fourth-order valence-corrected chi connectivity index (χ4v) is 3.11. The molecule has 2 rings (SSSR count). The zero-order chi connectivity index (χ0) is 16.8. The molecule has 0 saturated carbocycles. The molecule has 0 unspecified atom stereocenters. The fraction of sp³-hybridized carbons (Fsp3) is 0.562. The third-order valence-corrected chi connectivity index (χ3v) is 4.09. The van der Waals surface area contributed by atoms with Crippen LogP contribution in [0.4, 0.5) is 0 Å². The minimum atomic E-state index is -0.858. The molecule has 2 N–H and O–H groups in total. The number of likely N-dealkylation sites (tertiary alicyclic amines) is 1. The minimum absolute atomic E-state index is 0. The van der Waals surface area contributed by atoms with Gasteiger partial charge in [0.15, 0.2) is 0 Å². The van der Waals surface area contributed by atoms with Gasteiger partial charge in [-0.3, -0.25) is 19.3 Å². The molecule has 8 heteroatoms. The molecule has 1 amide bonds. The lowest BCUT2D eigenvalue weighted by Crippen LogP contribution is -2.43. The Morgan fingerprint density at radius 1 is 1.29 bits per heavy atom. The highest BCUT2D eigenvalue weighted by Gasteiger charge is 2.33. The number of carboxylic acid groups (broad SMARTS) is 1. The van der Waals surface area contributed by atoms with Crippen LogP contribution in [0.15, 0.2) is 29.2 Å². The van der Waals surface area contributed by atoms with Crippen LogP contribution in [0.2, 0.25) is 0 Å². The maximum atomic E-state index is 12.2. The van der Waals surface area contributed by atoms with E-state index in [-0.39, 0.29) is 48.9 Å². The molecular formula is C16H24ClN3O4. The van der Waals surface area contributed by atoms with Crippen molar-refractivity contribution in [3.63, 3.8) is 0 Å². The summed E-state index contributed by atoms with van der Waals surface area (Å²) in [6.07, 6.45) is 3.50. The second kappa shape index (κ2) is 9.44. The van der Waals surface area contributed by atoms with Crippen LogP contribution in [-0.4, -0.2) is 52.1 Å². The van der Waals surface area contributed by atoms with E-state index in [2.05, 4.69) is 12.2 Å². The zero-order valence-corrected chi connectivity index (χ0v) is 14.5. The van der Waals surface area contributed by atoms with Crippen LogP contribution in [0, 0.1) is 5.92 Å². The molecule has 2 atom stereocenters. The van der Waals surface area contributed by atoms with E-state index in [9.17, 15) is 14.4 Å². The quantitative estimate of drug-likeness (QED) is 0.744. The second-order valence-electron chi connectivity index (χ2n) is 5.98. The van der Waals surface area contributed by atoms with Gasteiger partial charge in [-0.15, -0.1) is 12.4 Å². The topological polar surface area (TPSA) is 91.6 Å². The van der Waals surface area contributed by atoms with Crippen LogP contribution in [0.3, 0.4) is 0 Å². The maximum absolute atomic E-state index is 12.2. The van der Waals surface area contributed by atoms with Gasteiger partial charge in [-0.25, -0.2) is 0 Å². The van der Waals surface area contributed by atoms with E-state index in [1.165, 1.54) is 10.6 Å².